The minimum atomic E-state index is -1.70. The topological polar surface area (TPSA) is 104 Å². The van der Waals surface area contributed by atoms with Gasteiger partial charge >= 0.3 is 5.97 Å². The predicted octanol–water partition coefficient (Wildman–Crippen LogP) is 0.385. The Hall–Kier alpha value is -1.83. The lowest BCUT2D eigenvalue weighted by Crippen LogP contribution is -2.76. The van der Waals surface area contributed by atoms with Gasteiger partial charge in [0.1, 0.15) is 0 Å². The van der Waals surface area contributed by atoms with Crippen molar-refractivity contribution in [3.05, 3.63) is 0 Å². The van der Waals surface area contributed by atoms with Crippen molar-refractivity contribution in [2.24, 2.45) is 0 Å². The van der Waals surface area contributed by atoms with E-state index in [0.717, 1.165) is 0 Å². The highest BCUT2D eigenvalue weighted by molar-refractivity contribution is 5.46. The maximum Gasteiger partial charge on any atom is 0.320 e. The van der Waals surface area contributed by atoms with Gasteiger partial charge in [-0.05, 0) is 6.92 Å². The summed E-state index contributed by atoms with van der Waals surface area (Å²) in [6, 6.07) is 0. The first-order chi connectivity index (χ1) is 14.0. The van der Waals surface area contributed by atoms with Gasteiger partial charge in [-0.15, -0.1) is 0 Å². The second kappa shape index (κ2) is 9.98. The normalized spacial score (nSPS) is 14.4. The molecule has 174 valence electrons. The maximum atomic E-state index is 5.88. The average molecular weight is 433 g/mol. The van der Waals surface area contributed by atoms with Crippen molar-refractivity contribution in [3.8, 4) is 0 Å². The molecule has 0 radical (unpaired) electrons. The standard InChI is InChI=1S/C18H36N6O6/c1-16(25-7,18(28-10,29-11)30-12)17(26-8,27-9)24(6)15-20-13(22(2)3)19-14(21-15)23(4)5/h1-12H3. The lowest BCUT2D eigenvalue weighted by molar-refractivity contribution is -0.471. The molecular formula is C18H36N6O6. The maximum absolute atomic E-state index is 5.88. The van der Waals surface area contributed by atoms with Gasteiger partial charge < -0.3 is 38.2 Å². The number of likely N-dealkylation sites (N-methyl/N-ethyl adjacent to an activating group) is 1. The molecule has 0 aliphatic carbocycles. The Morgan fingerprint density at radius 2 is 0.933 bits per heavy atom. The molecule has 12 nitrogen and oxygen atoms in total. The SMILES string of the molecule is COC(OC)(OC)C(C)(OC)C(OC)(OC)N(C)c1nc(N(C)C)nc(N(C)C)n1. The van der Waals surface area contributed by atoms with Crippen molar-refractivity contribution < 1.29 is 28.4 Å². The molecule has 0 aromatic carbocycles. The first kappa shape index (κ1) is 26.2. The van der Waals surface area contributed by atoms with Crippen molar-refractivity contribution in [1.82, 2.24) is 15.0 Å². The minimum absolute atomic E-state index is 0.265. The van der Waals surface area contributed by atoms with Gasteiger partial charge in [-0.2, -0.15) is 15.0 Å². The van der Waals surface area contributed by atoms with Crippen LogP contribution in [-0.2, 0) is 28.4 Å². The molecule has 1 aromatic rings. The summed E-state index contributed by atoms with van der Waals surface area (Å²) in [4.78, 5) is 18.7. The molecule has 30 heavy (non-hydrogen) atoms. The van der Waals surface area contributed by atoms with Crippen LogP contribution in [-0.4, -0.2) is 110 Å². The fourth-order valence-corrected chi connectivity index (χ4v) is 3.37. The number of aromatic nitrogens is 3. The minimum Gasteiger partial charge on any atom is -0.363 e. The quantitative estimate of drug-likeness (QED) is 0.427. The molecule has 1 unspecified atom stereocenters. The fraction of sp³-hybridized carbons (Fsp3) is 0.833. The highest BCUT2D eigenvalue weighted by Crippen LogP contribution is 2.44. The van der Waals surface area contributed by atoms with E-state index in [1.807, 2.05) is 28.2 Å². The largest absolute Gasteiger partial charge is 0.363 e. The highest BCUT2D eigenvalue weighted by atomic mass is 16.9. The number of ether oxygens (including phenoxy) is 6. The molecule has 0 saturated carbocycles. The molecule has 0 bridgehead atoms. The van der Waals surface area contributed by atoms with Gasteiger partial charge in [0.25, 0.3) is 5.91 Å². The van der Waals surface area contributed by atoms with Crippen LogP contribution in [0.3, 0.4) is 0 Å². The van der Waals surface area contributed by atoms with E-state index in [-0.39, 0.29) is 5.95 Å². The van der Waals surface area contributed by atoms with Crippen LogP contribution in [0.1, 0.15) is 6.92 Å². The zero-order valence-corrected chi connectivity index (χ0v) is 20.1. The van der Waals surface area contributed by atoms with Gasteiger partial charge in [-0.25, -0.2) is 0 Å². The van der Waals surface area contributed by atoms with Crippen molar-refractivity contribution in [3.63, 3.8) is 0 Å². The number of anilines is 3. The number of rotatable bonds is 12. The van der Waals surface area contributed by atoms with E-state index in [2.05, 4.69) is 15.0 Å². The average Bonchev–Trinajstić information content (AvgIpc) is 2.75. The molecule has 0 amide bonds. The lowest BCUT2D eigenvalue weighted by Gasteiger charge is -2.54. The molecule has 1 atom stereocenters. The van der Waals surface area contributed by atoms with Crippen LogP contribution in [0.15, 0.2) is 0 Å². The Morgan fingerprint density at radius 1 is 0.567 bits per heavy atom. The Kier molecular flexibility index (Phi) is 8.72. The second-order valence-electron chi connectivity index (χ2n) is 6.98. The molecule has 12 heteroatoms. The smallest absolute Gasteiger partial charge is 0.320 e. The van der Waals surface area contributed by atoms with E-state index >= 15 is 0 Å². The van der Waals surface area contributed by atoms with Crippen LogP contribution in [0.5, 0.6) is 0 Å². The molecule has 0 aliphatic heterocycles. The van der Waals surface area contributed by atoms with Gasteiger partial charge in [-0.3, -0.25) is 4.90 Å². The van der Waals surface area contributed by atoms with Gasteiger partial charge in [0.2, 0.25) is 23.4 Å². The molecule has 0 N–H and O–H groups in total. The summed E-state index contributed by atoms with van der Waals surface area (Å²) in [5.41, 5.74) is -1.50. The third kappa shape index (κ3) is 4.03. The van der Waals surface area contributed by atoms with Crippen molar-refractivity contribution in [2.75, 3.05) is 92.6 Å². The molecule has 0 fully saturated rings. The van der Waals surface area contributed by atoms with E-state index < -0.39 is 17.5 Å². The summed E-state index contributed by atoms with van der Waals surface area (Å²) in [7, 11) is 17.7. The summed E-state index contributed by atoms with van der Waals surface area (Å²) in [5.74, 6) is -2.19. The van der Waals surface area contributed by atoms with Crippen LogP contribution in [0, 0.1) is 0 Å². The molecule has 0 aliphatic rings. The Balaban J connectivity index is 3.80. The van der Waals surface area contributed by atoms with Crippen molar-refractivity contribution in [1.29, 1.82) is 0 Å². The van der Waals surface area contributed by atoms with Gasteiger partial charge in [-0.1, -0.05) is 0 Å². The van der Waals surface area contributed by atoms with E-state index in [0.29, 0.717) is 11.9 Å². The summed E-state index contributed by atoms with van der Waals surface area (Å²) < 4.78 is 34.4. The number of methoxy groups -OCH3 is 6. The Morgan fingerprint density at radius 3 is 1.20 bits per heavy atom. The first-order valence-corrected chi connectivity index (χ1v) is 9.15. The van der Waals surface area contributed by atoms with E-state index in [1.165, 1.54) is 42.7 Å². The Labute approximate surface area is 179 Å². The Bertz CT molecular complexity index is 649. The zero-order chi connectivity index (χ0) is 23.3. The van der Waals surface area contributed by atoms with E-state index in [1.54, 1.807) is 28.7 Å². The van der Waals surface area contributed by atoms with Crippen molar-refractivity contribution >= 4 is 17.8 Å². The van der Waals surface area contributed by atoms with Crippen LogP contribution >= 0.6 is 0 Å². The summed E-state index contributed by atoms with van der Waals surface area (Å²) >= 11 is 0. The predicted molar refractivity (Wildman–Crippen MR) is 113 cm³/mol. The van der Waals surface area contributed by atoms with E-state index in [9.17, 15) is 0 Å². The molecular weight excluding hydrogens is 396 g/mol. The van der Waals surface area contributed by atoms with Crippen LogP contribution in [0.25, 0.3) is 0 Å². The highest BCUT2D eigenvalue weighted by Gasteiger charge is 2.68. The lowest BCUT2D eigenvalue weighted by atomic mass is 9.95. The number of hydrogen-bond donors (Lipinski definition) is 0. The number of hydrogen-bond acceptors (Lipinski definition) is 12. The number of nitrogens with zero attached hydrogens (tertiary/aromatic N) is 6. The monoisotopic (exact) mass is 432 g/mol. The van der Waals surface area contributed by atoms with E-state index in [4.69, 9.17) is 28.4 Å². The van der Waals surface area contributed by atoms with Gasteiger partial charge in [0.05, 0.1) is 0 Å². The molecule has 1 heterocycles. The summed E-state index contributed by atoms with van der Waals surface area (Å²) in [6.07, 6.45) is 0. The van der Waals surface area contributed by atoms with Crippen LogP contribution in [0.4, 0.5) is 17.8 Å². The molecule has 1 rings (SSSR count). The second-order valence-corrected chi connectivity index (χ2v) is 6.98. The molecule has 0 saturated heterocycles. The zero-order valence-electron chi connectivity index (χ0n) is 20.1. The molecule has 0 spiro atoms. The first-order valence-electron chi connectivity index (χ1n) is 9.15. The van der Waals surface area contributed by atoms with Gasteiger partial charge in [0.15, 0.2) is 0 Å². The third-order valence-electron chi connectivity index (χ3n) is 5.10. The molecule has 1 aromatic heterocycles. The van der Waals surface area contributed by atoms with Crippen LogP contribution < -0.4 is 14.7 Å². The fourth-order valence-electron chi connectivity index (χ4n) is 3.37. The third-order valence-corrected chi connectivity index (χ3v) is 5.10. The van der Waals surface area contributed by atoms with Crippen molar-refractivity contribution in [2.45, 2.75) is 24.4 Å². The van der Waals surface area contributed by atoms with Gasteiger partial charge in [0, 0.05) is 77.9 Å². The summed E-state index contributed by atoms with van der Waals surface area (Å²) in [5, 5.41) is 0. The van der Waals surface area contributed by atoms with Crippen LogP contribution in [0.2, 0.25) is 0 Å². The summed E-state index contributed by atoms with van der Waals surface area (Å²) in [6.45, 7) is 1.67.